The monoisotopic (exact) mass is 388 g/mol. The lowest BCUT2D eigenvalue weighted by Crippen LogP contribution is -2.23. The fourth-order valence-corrected chi connectivity index (χ4v) is 4.32. The Bertz CT molecular complexity index is 815. The molecule has 1 aromatic carbocycles. The van der Waals surface area contributed by atoms with Crippen LogP contribution in [0.15, 0.2) is 40.4 Å². The highest BCUT2D eigenvalue weighted by atomic mass is 32.1. The number of hydrogen-bond acceptors (Lipinski definition) is 6. The second kappa shape index (κ2) is 9.16. The minimum absolute atomic E-state index is 0.195. The van der Waals surface area contributed by atoms with Crippen LogP contribution in [0, 0.1) is 6.92 Å². The molecule has 4 nitrogen and oxygen atoms in total. The van der Waals surface area contributed by atoms with Gasteiger partial charge in [0.2, 0.25) is 0 Å². The molecule has 1 atom stereocenters. The Morgan fingerprint density at radius 2 is 2.04 bits per heavy atom. The van der Waals surface area contributed by atoms with Crippen molar-refractivity contribution in [3.63, 3.8) is 0 Å². The van der Waals surface area contributed by atoms with Crippen LogP contribution in [0.5, 0.6) is 11.5 Å². The number of methoxy groups -OCH3 is 1. The third-order valence-corrected chi connectivity index (χ3v) is 5.84. The maximum Gasteiger partial charge on any atom is 0.161 e. The molecule has 0 spiro atoms. The largest absolute Gasteiger partial charge is 0.493 e. The maximum absolute atomic E-state index is 5.69. The van der Waals surface area contributed by atoms with E-state index in [1.807, 2.05) is 26.0 Å². The van der Waals surface area contributed by atoms with Crippen molar-refractivity contribution in [2.75, 3.05) is 13.7 Å². The van der Waals surface area contributed by atoms with E-state index < -0.39 is 0 Å². The summed E-state index contributed by atoms with van der Waals surface area (Å²) in [5, 5.41) is 11.2. The number of thiophene rings is 1. The molecule has 0 bridgehead atoms. The first-order valence-corrected chi connectivity index (χ1v) is 10.5. The molecule has 6 heteroatoms. The molecule has 0 aliphatic rings. The summed E-state index contributed by atoms with van der Waals surface area (Å²) in [6.07, 6.45) is 0.935. The van der Waals surface area contributed by atoms with Crippen molar-refractivity contribution in [3.05, 3.63) is 62.2 Å². The highest BCUT2D eigenvalue weighted by Gasteiger charge is 2.16. The van der Waals surface area contributed by atoms with E-state index >= 15 is 0 Å². The summed E-state index contributed by atoms with van der Waals surface area (Å²) in [5.74, 6) is 1.55. The van der Waals surface area contributed by atoms with Crippen LogP contribution in [-0.2, 0) is 13.0 Å². The van der Waals surface area contributed by atoms with Gasteiger partial charge in [0.05, 0.1) is 19.8 Å². The number of nitrogens with zero attached hydrogens (tertiary/aromatic N) is 1. The van der Waals surface area contributed by atoms with Crippen molar-refractivity contribution in [1.29, 1.82) is 0 Å². The number of rotatable bonds is 9. The van der Waals surface area contributed by atoms with Gasteiger partial charge < -0.3 is 14.8 Å². The van der Waals surface area contributed by atoms with Crippen molar-refractivity contribution in [3.8, 4) is 11.5 Å². The second-order valence-electron chi connectivity index (χ2n) is 6.01. The lowest BCUT2D eigenvalue weighted by molar-refractivity contribution is 0.310. The Morgan fingerprint density at radius 3 is 2.69 bits per heavy atom. The van der Waals surface area contributed by atoms with Gasteiger partial charge in [-0.2, -0.15) is 11.3 Å². The third-order valence-electron chi connectivity index (χ3n) is 4.04. The first-order valence-electron chi connectivity index (χ1n) is 8.65. The molecular weight excluding hydrogens is 364 g/mol. The van der Waals surface area contributed by atoms with Crippen LogP contribution < -0.4 is 14.8 Å². The number of thiazole rings is 1. The molecule has 0 amide bonds. The number of aryl methyl sites for hydroxylation is 1. The van der Waals surface area contributed by atoms with Gasteiger partial charge in [-0.15, -0.1) is 11.3 Å². The van der Waals surface area contributed by atoms with E-state index in [1.165, 1.54) is 5.56 Å². The SMILES string of the molecule is CCOc1cc(CNC(Cc2ccsc2)c2nc(C)cs2)ccc1OC. The zero-order valence-electron chi connectivity index (χ0n) is 15.3. The Morgan fingerprint density at radius 1 is 1.15 bits per heavy atom. The predicted molar refractivity (Wildman–Crippen MR) is 109 cm³/mol. The Balaban J connectivity index is 1.74. The molecule has 26 heavy (non-hydrogen) atoms. The van der Waals surface area contributed by atoms with Crippen molar-refractivity contribution in [2.24, 2.45) is 0 Å². The van der Waals surface area contributed by atoms with Crippen LogP contribution in [0.1, 0.15) is 34.8 Å². The van der Waals surface area contributed by atoms with E-state index in [0.717, 1.165) is 40.7 Å². The van der Waals surface area contributed by atoms with Gasteiger partial charge in [-0.1, -0.05) is 6.07 Å². The molecule has 0 aliphatic heterocycles. The quantitative estimate of drug-likeness (QED) is 0.560. The zero-order valence-corrected chi connectivity index (χ0v) is 17.0. The summed E-state index contributed by atoms with van der Waals surface area (Å²) in [5.41, 5.74) is 3.58. The average molecular weight is 389 g/mol. The van der Waals surface area contributed by atoms with Crippen molar-refractivity contribution < 1.29 is 9.47 Å². The molecule has 2 heterocycles. The third kappa shape index (κ3) is 4.84. The molecule has 0 aliphatic carbocycles. The first-order chi connectivity index (χ1) is 12.7. The Hall–Kier alpha value is -1.89. The molecule has 138 valence electrons. The van der Waals surface area contributed by atoms with E-state index in [4.69, 9.17) is 14.5 Å². The van der Waals surface area contributed by atoms with Crippen LogP contribution in [0.4, 0.5) is 0 Å². The Labute approximate surface area is 162 Å². The molecule has 3 aromatic rings. The summed E-state index contributed by atoms with van der Waals surface area (Å²) in [4.78, 5) is 4.69. The molecular formula is C20H24N2O2S2. The second-order valence-corrected chi connectivity index (χ2v) is 7.68. The van der Waals surface area contributed by atoms with Gasteiger partial charge in [-0.3, -0.25) is 0 Å². The number of benzene rings is 1. The first kappa shape index (κ1) is 18.9. The minimum Gasteiger partial charge on any atom is -0.493 e. The van der Waals surface area contributed by atoms with E-state index in [-0.39, 0.29) is 6.04 Å². The smallest absolute Gasteiger partial charge is 0.161 e. The Kier molecular flexibility index (Phi) is 6.66. The van der Waals surface area contributed by atoms with Gasteiger partial charge in [0.1, 0.15) is 5.01 Å². The number of aromatic nitrogens is 1. The van der Waals surface area contributed by atoms with Crippen molar-refractivity contribution in [1.82, 2.24) is 10.3 Å². The predicted octanol–water partition coefficient (Wildman–Crippen LogP) is 4.99. The van der Waals surface area contributed by atoms with Crippen LogP contribution >= 0.6 is 22.7 Å². The standard InChI is InChI=1S/C20H24N2O2S2/c1-4-24-19-10-15(5-6-18(19)23-3)11-21-17(9-16-7-8-25-13-16)20-22-14(2)12-26-20/h5-8,10,12-13,17,21H,4,9,11H2,1-3H3. The molecule has 0 fully saturated rings. The summed E-state index contributed by atoms with van der Waals surface area (Å²) in [7, 11) is 1.66. The summed E-state index contributed by atoms with van der Waals surface area (Å²) >= 11 is 3.45. The van der Waals surface area contributed by atoms with Crippen molar-refractivity contribution >= 4 is 22.7 Å². The van der Waals surface area contributed by atoms with Crippen LogP contribution in [0.2, 0.25) is 0 Å². The lowest BCUT2D eigenvalue weighted by atomic mass is 10.1. The van der Waals surface area contributed by atoms with Crippen LogP contribution in [0.25, 0.3) is 0 Å². The molecule has 1 unspecified atom stereocenters. The fourth-order valence-electron chi connectivity index (χ4n) is 2.76. The van der Waals surface area contributed by atoms with Gasteiger partial charge in [0, 0.05) is 17.6 Å². The highest BCUT2D eigenvalue weighted by Crippen LogP contribution is 2.29. The fraction of sp³-hybridized carbons (Fsp3) is 0.350. The van der Waals surface area contributed by atoms with E-state index in [9.17, 15) is 0 Å². The maximum atomic E-state index is 5.69. The molecule has 0 saturated heterocycles. The van der Waals surface area contributed by atoms with Gasteiger partial charge in [0.15, 0.2) is 11.5 Å². The van der Waals surface area contributed by atoms with Gasteiger partial charge >= 0.3 is 0 Å². The van der Waals surface area contributed by atoms with Crippen molar-refractivity contribution in [2.45, 2.75) is 32.9 Å². The summed E-state index contributed by atoms with van der Waals surface area (Å²) in [6, 6.07) is 8.46. The van der Waals surface area contributed by atoms with E-state index in [2.05, 4.69) is 33.6 Å². The molecule has 1 N–H and O–H groups in total. The number of hydrogen-bond donors (Lipinski definition) is 1. The number of nitrogens with one attached hydrogen (secondary N) is 1. The van der Waals surface area contributed by atoms with E-state index in [1.54, 1.807) is 29.8 Å². The highest BCUT2D eigenvalue weighted by molar-refractivity contribution is 7.09. The topological polar surface area (TPSA) is 43.4 Å². The molecule has 2 aromatic heterocycles. The van der Waals surface area contributed by atoms with Gasteiger partial charge in [-0.05, 0) is 60.4 Å². The van der Waals surface area contributed by atoms with E-state index in [0.29, 0.717) is 6.61 Å². The van der Waals surface area contributed by atoms with Gasteiger partial charge in [0.25, 0.3) is 0 Å². The lowest BCUT2D eigenvalue weighted by Gasteiger charge is -2.17. The summed E-state index contributed by atoms with van der Waals surface area (Å²) < 4.78 is 11.1. The molecule has 3 rings (SSSR count). The normalized spacial score (nSPS) is 12.1. The zero-order chi connectivity index (χ0) is 18.4. The minimum atomic E-state index is 0.195. The average Bonchev–Trinajstić information content (AvgIpc) is 3.30. The molecule has 0 radical (unpaired) electrons. The van der Waals surface area contributed by atoms with Crippen LogP contribution in [-0.4, -0.2) is 18.7 Å². The number of ether oxygens (including phenoxy) is 2. The van der Waals surface area contributed by atoms with Crippen LogP contribution in [0.3, 0.4) is 0 Å². The summed E-state index contributed by atoms with van der Waals surface area (Å²) in [6.45, 7) is 5.38. The molecule has 0 saturated carbocycles. The van der Waals surface area contributed by atoms with Gasteiger partial charge in [-0.25, -0.2) is 4.98 Å².